The van der Waals surface area contributed by atoms with Crippen LogP contribution in [-0.2, 0) is 14.8 Å². The van der Waals surface area contributed by atoms with E-state index in [-0.39, 0.29) is 41.4 Å². The molecule has 0 aliphatic carbocycles. The number of carboxylic acid groups (broad SMARTS) is 1. The number of piperidine rings is 1. The minimum Gasteiger partial charge on any atom is -0.481 e. The SMILES string of the molecule is N#Cc1ccc(S(=O)(=O)N2CCC(C(=O)O)CC2)c(Cl)c1. The van der Waals surface area contributed by atoms with Gasteiger partial charge in [0.1, 0.15) is 4.90 Å². The number of carbonyl (C=O) groups is 1. The first-order valence-corrected chi connectivity index (χ1v) is 8.10. The molecule has 6 nitrogen and oxygen atoms in total. The Morgan fingerprint density at radius 2 is 2.00 bits per heavy atom. The Bertz CT molecular complexity index is 703. The second kappa shape index (κ2) is 6.02. The van der Waals surface area contributed by atoms with Crippen molar-refractivity contribution in [2.75, 3.05) is 13.1 Å². The maximum absolute atomic E-state index is 12.5. The van der Waals surface area contributed by atoms with Crippen LogP contribution in [0.2, 0.25) is 5.02 Å². The van der Waals surface area contributed by atoms with Crippen LogP contribution in [0.3, 0.4) is 0 Å². The number of halogens is 1. The topological polar surface area (TPSA) is 98.5 Å². The lowest BCUT2D eigenvalue weighted by Gasteiger charge is -2.29. The van der Waals surface area contributed by atoms with Crippen LogP contribution in [0.25, 0.3) is 0 Å². The molecule has 1 N–H and O–H groups in total. The normalized spacial score (nSPS) is 17.3. The number of carboxylic acids is 1. The number of aliphatic carboxylic acids is 1. The van der Waals surface area contributed by atoms with Crippen molar-refractivity contribution in [2.24, 2.45) is 5.92 Å². The molecule has 21 heavy (non-hydrogen) atoms. The molecule has 1 fully saturated rings. The summed E-state index contributed by atoms with van der Waals surface area (Å²) in [4.78, 5) is 10.8. The molecule has 2 rings (SSSR count). The highest BCUT2D eigenvalue weighted by atomic mass is 35.5. The summed E-state index contributed by atoms with van der Waals surface area (Å²) >= 11 is 5.94. The van der Waals surface area contributed by atoms with Gasteiger partial charge in [0, 0.05) is 13.1 Å². The number of rotatable bonds is 3. The number of hydrogen-bond donors (Lipinski definition) is 1. The van der Waals surface area contributed by atoms with Gasteiger partial charge in [0.2, 0.25) is 10.0 Å². The van der Waals surface area contributed by atoms with E-state index in [1.165, 1.54) is 22.5 Å². The molecule has 1 aromatic rings. The average Bonchev–Trinajstić information content (AvgIpc) is 2.46. The predicted octanol–water partition coefficient (Wildman–Crippen LogP) is 1.70. The van der Waals surface area contributed by atoms with Gasteiger partial charge < -0.3 is 5.11 Å². The molecule has 0 spiro atoms. The summed E-state index contributed by atoms with van der Waals surface area (Å²) in [7, 11) is -3.77. The molecular weight excluding hydrogens is 316 g/mol. The first-order valence-electron chi connectivity index (χ1n) is 6.29. The Morgan fingerprint density at radius 3 is 2.48 bits per heavy atom. The molecule has 0 unspecified atom stereocenters. The maximum Gasteiger partial charge on any atom is 0.306 e. The third kappa shape index (κ3) is 3.18. The summed E-state index contributed by atoms with van der Waals surface area (Å²) < 4.78 is 26.2. The summed E-state index contributed by atoms with van der Waals surface area (Å²) in [5, 5.41) is 17.7. The van der Waals surface area contributed by atoms with Crippen molar-refractivity contribution in [3.05, 3.63) is 28.8 Å². The molecule has 1 heterocycles. The van der Waals surface area contributed by atoms with E-state index in [4.69, 9.17) is 22.0 Å². The van der Waals surface area contributed by atoms with Crippen LogP contribution in [-0.4, -0.2) is 36.9 Å². The third-order valence-electron chi connectivity index (χ3n) is 3.48. The zero-order chi connectivity index (χ0) is 15.6. The fraction of sp³-hybridized carbons (Fsp3) is 0.385. The first-order chi connectivity index (χ1) is 9.86. The molecule has 112 valence electrons. The number of sulfonamides is 1. The number of hydrogen-bond acceptors (Lipinski definition) is 4. The zero-order valence-corrected chi connectivity index (χ0v) is 12.6. The molecule has 1 aromatic carbocycles. The van der Waals surface area contributed by atoms with Crippen molar-refractivity contribution in [2.45, 2.75) is 17.7 Å². The van der Waals surface area contributed by atoms with Gasteiger partial charge in [-0.2, -0.15) is 9.57 Å². The van der Waals surface area contributed by atoms with Gasteiger partial charge in [-0.25, -0.2) is 8.42 Å². The van der Waals surface area contributed by atoms with Crippen molar-refractivity contribution >= 4 is 27.6 Å². The van der Waals surface area contributed by atoms with Crippen LogP contribution in [0.1, 0.15) is 18.4 Å². The number of nitriles is 1. The fourth-order valence-electron chi connectivity index (χ4n) is 2.26. The highest BCUT2D eigenvalue weighted by Gasteiger charge is 2.33. The van der Waals surface area contributed by atoms with Crippen molar-refractivity contribution in [3.8, 4) is 6.07 Å². The van der Waals surface area contributed by atoms with Gasteiger partial charge in [-0.05, 0) is 31.0 Å². The molecule has 0 amide bonds. The summed E-state index contributed by atoms with van der Waals surface area (Å²) in [5.41, 5.74) is 0.281. The van der Waals surface area contributed by atoms with E-state index in [9.17, 15) is 13.2 Å². The van der Waals surface area contributed by atoms with E-state index >= 15 is 0 Å². The van der Waals surface area contributed by atoms with Crippen LogP contribution in [0.5, 0.6) is 0 Å². The minimum atomic E-state index is -3.77. The largest absolute Gasteiger partial charge is 0.481 e. The van der Waals surface area contributed by atoms with Crippen LogP contribution in [0, 0.1) is 17.2 Å². The van der Waals surface area contributed by atoms with Crippen LogP contribution in [0.4, 0.5) is 0 Å². The molecule has 0 saturated carbocycles. The van der Waals surface area contributed by atoms with E-state index in [1.807, 2.05) is 6.07 Å². The van der Waals surface area contributed by atoms with Gasteiger partial charge in [-0.3, -0.25) is 4.79 Å². The molecule has 1 aliphatic rings. The Balaban J connectivity index is 2.24. The molecular formula is C13H13ClN2O4S. The summed E-state index contributed by atoms with van der Waals surface area (Å²) in [6, 6.07) is 5.89. The second-order valence-electron chi connectivity index (χ2n) is 4.77. The van der Waals surface area contributed by atoms with E-state index in [1.54, 1.807) is 0 Å². The van der Waals surface area contributed by atoms with E-state index < -0.39 is 21.9 Å². The van der Waals surface area contributed by atoms with E-state index in [0.717, 1.165) is 0 Å². The van der Waals surface area contributed by atoms with Gasteiger partial charge in [-0.1, -0.05) is 11.6 Å². The summed E-state index contributed by atoms with van der Waals surface area (Å²) in [6.45, 7) is 0.297. The van der Waals surface area contributed by atoms with Gasteiger partial charge >= 0.3 is 5.97 Å². The Labute approximate surface area is 127 Å². The average molecular weight is 329 g/mol. The lowest BCUT2D eigenvalue weighted by Crippen LogP contribution is -2.40. The third-order valence-corrected chi connectivity index (χ3v) is 5.86. The smallest absolute Gasteiger partial charge is 0.306 e. The van der Waals surface area contributed by atoms with Crippen LogP contribution >= 0.6 is 11.6 Å². The van der Waals surface area contributed by atoms with Gasteiger partial charge in [0.05, 0.1) is 22.6 Å². The van der Waals surface area contributed by atoms with E-state index in [2.05, 4.69) is 0 Å². The highest BCUT2D eigenvalue weighted by Crippen LogP contribution is 2.28. The predicted molar refractivity (Wildman–Crippen MR) is 75.3 cm³/mol. The first kappa shape index (κ1) is 15.8. The van der Waals surface area contributed by atoms with Gasteiger partial charge in [0.25, 0.3) is 0 Å². The molecule has 0 radical (unpaired) electrons. The molecule has 0 atom stereocenters. The minimum absolute atomic E-state index is 0.00518. The van der Waals surface area contributed by atoms with Crippen molar-refractivity contribution in [3.63, 3.8) is 0 Å². The maximum atomic E-state index is 12.5. The van der Waals surface area contributed by atoms with Crippen molar-refractivity contribution < 1.29 is 18.3 Å². The van der Waals surface area contributed by atoms with Gasteiger partial charge in [-0.15, -0.1) is 0 Å². The standard InChI is InChI=1S/C13H13ClN2O4S/c14-11-7-9(8-15)1-2-12(11)21(19,20)16-5-3-10(4-6-16)13(17)18/h1-2,7,10H,3-6H2,(H,17,18). The lowest BCUT2D eigenvalue weighted by atomic mass is 9.99. The Kier molecular flexibility index (Phi) is 4.52. The highest BCUT2D eigenvalue weighted by molar-refractivity contribution is 7.89. The Morgan fingerprint density at radius 1 is 1.38 bits per heavy atom. The zero-order valence-electron chi connectivity index (χ0n) is 11.0. The molecule has 1 saturated heterocycles. The fourth-order valence-corrected chi connectivity index (χ4v) is 4.25. The van der Waals surface area contributed by atoms with Crippen LogP contribution in [0.15, 0.2) is 23.1 Å². The lowest BCUT2D eigenvalue weighted by molar-refractivity contribution is -0.142. The van der Waals surface area contributed by atoms with Crippen LogP contribution < -0.4 is 0 Å². The molecule has 0 aromatic heterocycles. The van der Waals surface area contributed by atoms with Gasteiger partial charge in [0.15, 0.2) is 0 Å². The summed E-state index contributed by atoms with van der Waals surface area (Å²) in [5.74, 6) is -1.41. The quantitative estimate of drug-likeness (QED) is 0.910. The van der Waals surface area contributed by atoms with Crippen molar-refractivity contribution in [1.29, 1.82) is 5.26 Å². The number of nitrogens with zero attached hydrogens (tertiary/aromatic N) is 2. The second-order valence-corrected chi connectivity index (χ2v) is 7.09. The summed E-state index contributed by atoms with van der Waals surface area (Å²) in [6.07, 6.45) is 0.560. The van der Waals surface area contributed by atoms with Crippen molar-refractivity contribution in [1.82, 2.24) is 4.31 Å². The molecule has 8 heteroatoms. The number of benzene rings is 1. The Hall–Kier alpha value is -1.62. The molecule has 1 aliphatic heterocycles. The monoisotopic (exact) mass is 328 g/mol. The molecule has 0 bridgehead atoms. The van der Waals surface area contributed by atoms with E-state index in [0.29, 0.717) is 0 Å².